The Morgan fingerprint density at radius 1 is 1.10 bits per heavy atom. The van der Waals surface area contributed by atoms with Crippen LogP contribution in [0.3, 0.4) is 0 Å². The summed E-state index contributed by atoms with van der Waals surface area (Å²) in [5, 5.41) is 2.47. The number of rotatable bonds is 6. The van der Waals surface area contributed by atoms with E-state index in [4.69, 9.17) is 11.5 Å². The molecule has 8 heteroatoms. The van der Waals surface area contributed by atoms with E-state index in [1.54, 1.807) is 18.2 Å². The number of primary amides is 2. The number of amides is 4. The number of carbonyl (C=O) groups is 4. The lowest BCUT2D eigenvalue weighted by atomic mass is 10.1. The number of nitrogens with zero attached hydrogens (tertiary/aromatic N) is 1. The molecule has 1 aromatic carbocycles. The Morgan fingerprint density at radius 3 is 2.14 bits per heavy atom. The molecule has 0 bridgehead atoms. The van der Waals surface area contributed by atoms with Gasteiger partial charge in [-0.05, 0) is 19.1 Å². The maximum Gasteiger partial charge on any atom is 0.322 e. The van der Waals surface area contributed by atoms with E-state index in [2.05, 4.69) is 5.32 Å². The van der Waals surface area contributed by atoms with Crippen molar-refractivity contribution in [2.75, 3.05) is 18.4 Å². The van der Waals surface area contributed by atoms with E-state index in [0.717, 1.165) is 4.90 Å². The fourth-order valence-corrected chi connectivity index (χ4v) is 1.59. The van der Waals surface area contributed by atoms with Crippen LogP contribution in [0.15, 0.2) is 24.3 Å². The average molecular weight is 292 g/mol. The van der Waals surface area contributed by atoms with Gasteiger partial charge in [-0.25, -0.2) is 4.79 Å². The van der Waals surface area contributed by atoms with E-state index in [1.807, 2.05) is 0 Å². The molecule has 112 valence electrons. The molecule has 1 aromatic rings. The van der Waals surface area contributed by atoms with E-state index in [9.17, 15) is 19.2 Å². The Bertz CT molecular complexity index is 569. The molecule has 0 aliphatic heterocycles. The summed E-state index contributed by atoms with van der Waals surface area (Å²) in [6.07, 6.45) is 0. The third-order valence-electron chi connectivity index (χ3n) is 2.50. The van der Waals surface area contributed by atoms with Crippen molar-refractivity contribution < 1.29 is 19.2 Å². The second-order valence-corrected chi connectivity index (χ2v) is 4.36. The quantitative estimate of drug-likeness (QED) is 0.620. The lowest BCUT2D eigenvalue weighted by molar-refractivity contribution is -0.120. The highest BCUT2D eigenvalue weighted by atomic mass is 16.2. The van der Waals surface area contributed by atoms with Gasteiger partial charge in [0.2, 0.25) is 11.8 Å². The summed E-state index contributed by atoms with van der Waals surface area (Å²) in [5.41, 5.74) is 10.8. The monoisotopic (exact) mass is 292 g/mol. The van der Waals surface area contributed by atoms with Crippen LogP contribution in [0.1, 0.15) is 17.3 Å². The maximum absolute atomic E-state index is 12.0. The lowest BCUT2D eigenvalue weighted by Crippen LogP contribution is -2.45. The minimum Gasteiger partial charge on any atom is -0.368 e. The summed E-state index contributed by atoms with van der Waals surface area (Å²) in [7, 11) is 0. The topological polar surface area (TPSA) is 136 Å². The largest absolute Gasteiger partial charge is 0.368 e. The third-order valence-corrected chi connectivity index (χ3v) is 2.50. The lowest BCUT2D eigenvalue weighted by Gasteiger charge is -2.20. The van der Waals surface area contributed by atoms with Gasteiger partial charge < -0.3 is 21.7 Å². The SMILES string of the molecule is CC(=O)c1cccc(NC(=O)N(CC(N)=O)CC(N)=O)c1. The minimum absolute atomic E-state index is 0.155. The third kappa shape index (κ3) is 5.31. The molecule has 0 saturated heterocycles. The molecule has 0 atom stereocenters. The fourth-order valence-electron chi connectivity index (χ4n) is 1.59. The molecule has 0 fully saturated rings. The molecular formula is C13H16N4O4. The molecule has 8 nitrogen and oxygen atoms in total. The standard InChI is InChI=1S/C13H16N4O4/c1-8(18)9-3-2-4-10(5-9)16-13(21)17(6-11(14)19)7-12(15)20/h2-5H,6-7H2,1H3,(H2,14,19)(H2,15,20)(H,16,21). The second kappa shape index (κ2) is 7.04. The van der Waals surface area contributed by atoms with Crippen molar-refractivity contribution >= 4 is 29.3 Å². The van der Waals surface area contributed by atoms with Crippen LogP contribution >= 0.6 is 0 Å². The number of benzene rings is 1. The molecule has 0 aromatic heterocycles. The molecule has 0 radical (unpaired) electrons. The van der Waals surface area contributed by atoms with E-state index in [0.29, 0.717) is 11.3 Å². The number of ketones is 1. The summed E-state index contributed by atoms with van der Waals surface area (Å²) < 4.78 is 0. The van der Waals surface area contributed by atoms with Gasteiger partial charge in [-0.3, -0.25) is 14.4 Å². The predicted octanol–water partition coefficient (Wildman–Crippen LogP) is -0.306. The Labute approximate surface area is 121 Å². The molecule has 0 aliphatic rings. The molecule has 0 heterocycles. The zero-order valence-corrected chi connectivity index (χ0v) is 11.5. The number of Topliss-reactive ketones (excluding diaryl/α,β-unsaturated/α-hetero) is 1. The first-order valence-corrected chi connectivity index (χ1v) is 6.03. The number of urea groups is 1. The highest BCUT2D eigenvalue weighted by molar-refractivity contribution is 5.98. The van der Waals surface area contributed by atoms with Crippen LogP contribution in [0.25, 0.3) is 0 Å². The van der Waals surface area contributed by atoms with Crippen molar-refractivity contribution in [1.29, 1.82) is 0 Å². The first-order chi connectivity index (χ1) is 9.79. The molecule has 4 amide bonds. The van der Waals surface area contributed by atoms with Crippen LogP contribution in [0.2, 0.25) is 0 Å². The number of hydrogen-bond donors (Lipinski definition) is 3. The Hall–Kier alpha value is -2.90. The summed E-state index contributed by atoms with van der Waals surface area (Å²) in [4.78, 5) is 45.9. The van der Waals surface area contributed by atoms with Crippen molar-refractivity contribution in [3.05, 3.63) is 29.8 Å². The molecule has 1 rings (SSSR count). The number of nitrogens with two attached hydrogens (primary N) is 2. The van der Waals surface area contributed by atoms with Gasteiger partial charge in [-0.2, -0.15) is 0 Å². The Kier molecular flexibility index (Phi) is 5.41. The van der Waals surface area contributed by atoms with E-state index < -0.39 is 30.9 Å². The number of nitrogens with one attached hydrogen (secondary N) is 1. The highest BCUT2D eigenvalue weighted by Gasteiger charge is 2.18. The minimum atomic E-state index is -0.774. The van der Waals surface area contributed by atoms with Crippen molar-refractivity contribution in [1.82, 2.24) is 4.90 Å². The molecule has 21 heavy (non-hydrogen) atoms. The van der Waals surface area contributed by atoms with Crippen molar-refractivity contribution in [2.24, 2.45) is 11.5 Å². The van der Waals surface area contributed by atoms with Gasteiger partial charge >= 0.3 is 6.03 Å². The number of anilines is 1. The highest BCUT2D eigenvalue weighted by Crippen LogP contribution is 2.12. The Balaban J connectivity index is 2.85. The summed E-state index contributed by atoms with van der Waals surface area (Å²) in [6, 6.07) is 5.53. The van der Waals surface area contributed by atoms with Crippen LogP contribution in [-0.2, 0) is 9.59 Å². The summed E-state index contributed by atoms with van der Waals surface area (Å²) >= 11 is 0. The van der Waals surface area contributed by atoms with Crippen LogP contribution in [-0.4, -0.2) is 41.6 Å². The Morgan fingerprint density at radius 2 is 1.67 bits per heavy atom. The molecular weight excluding hydrogens is 276 g/mol. The van der Waals surface area contributed by atoms with Gasteiger partial charge in [0, 0.05) is 11.3 Å². The summed E-state index contributed by atoms with van der Waals surface area (Å²) in [6.45, 7) is 0.510. The fraction of sp³-hybridized carbons (Fsp3) is 0.231. The van der Waals surface area contributed by atoms with Gasteiger partial charge in [-0.15, -0.1) is 0 Å². The van der Waals surface area contributed by atoms with Crippen LogP contribution in [0, 0.1) is 0 Å². The average Bonchev–Trinajstić information content (AvgIpc) is 2.37. The molecule has 0 unspecified atom stereocenters. The van der Waals surface area contributed by atoms with E-state index in [1.165, 1.54) is 13.0 Å². The van der Waals surface area contributed by atoms with Crippen molar-refractivity contribution in [3.63, 3.8) is 0 Å². The van der Waals surface area contributed by atoms with Gasteiger partial charge in [0.1, 0.15) is 13.1 Å². The van der Waals surface area contributed by atoms with Crippen LogP contribution in [0.4, 0.5) is 10.5 Å². The second-order valence-electron chi connectivity index (χ2n) is 4.36. The van der Waals surface area contributed by atoms with Crippen molar-refractivity contribution in [3.8, 4) is 0 Å². The number of hydrogen-bond acceptors (Lipinski definition) is 4. The zero-order valence-electron chi connectivity index (χ0n) is 11.5. The molecule has 0 spiro atoms. The molecule has 5 N–H and O–H groups in total. The van der Waals surface area contributed by atoms with E-state index >= 15 is 0 Å². The normalized spacial score (nSPS) is 9.76. The zero-order chi connectivity index (χ0) is 16.0. The van der Waals surface area contributed by atoms with Gasteiger partial charge in [0.05, 0.1) is 0 Å². The van der Waals surface area contributed by atoms with Gasteiger partial charge in [-0.1, -0.05) is 12.1 Å². The van der Waals surface area contributed by atoms with Crippen LogP contribution < -0.4 is 16.8 Å². The first kappa shape index (κ1) is 16.2. The maximum atomic E-state index is 12.0. The van der Waals surface area contributed by atoms with Crippen molar-refractivity contribution in [2.45, 2.75) is 6.92 Å². The van der Waals surface area contributed by atoms with Gasteiger partial charge in [0.25, 0.3) is 0 Å². The summed E-state index contributed by atoms with van der Waals surface area (Å²) in [5.74, 6) is -1.70. The smallest absolute Gasteiger partial charge is 0.322 e. The van der Waals surface area contributed by atoms with E-state index in [-0.39, 0.29) is 5.78 Å². The number of carbonyl (C=O) groups excluding carboxylic acids is 4. The predicted molar refractivity (Wildman–Crippen MR) is 75.4 cm³/mol. The molecule has 0 aliphatic carbocycles. The van der Waals surface area contributed by atoms with Gasteiger partial charge in [0.15, 0.2) is 5.78 Å². The molecule has 0 saturated carbocycles. The van der Waals surface area contributed by atoms with Crippen LogP contribution in [0.5, 0.6) is 0 Å². The first-order valence-electron chi connectivity index (χ1n) is 6.03.